The predicted octanol–water partition coefficient (Wildman–Crippen LogP) is 3.20. The number of nitrogens with one attached hydrogen (secondary N) is 1. The Bertz CT molecular complexity index is 133. The van der Waals surface area contributed by atoms with E-state index in [2.05, 4.69) is 26.1 Å². The SMILES string of the molecule is CCCNC1CCC(CCC)C1C. The van der Waals surface area contributed by atoms with Crippen LogP contribution in [0.2, 0.25) is 0 Å². The zero-order valence-electron chi connectivity index (χ0n) is 9.47. The van der Waals surface area contributed by atoms with Gasteiger partial charge in [0.25, 0.3) is 0 Å². The van der Waals surface area contributed by atoms with E-state index in [1.165, 1.54) is 38.6 Å². The average molecular weight is 183 g/mol. The van der Waals surface area contributed by atoms with Gasteiger partial charge in [-0.25, -0.2) is 0 Å². The molecule has 1 aliphatic carbocycles. The maximum Gasteiger partial charge on any atom is 0.00954 e. The van der Waals surface area contributed by atoms with Crippen LogP contribution < -0.4 is 5.32 Å². The Morgan fingerprint density at radius 3 is 2.54 bits per heavy atom. The molecule has 0 bridgehead atoms. The van der Waals surface area contributed by atoms with Crippen LogP contribution in [0.25, 0.3) is 0 Å². The number of hydrogen-bond donors (Lipinski definition) is 1. The molecule has 1 N–H and O–H groups in total. The smallest absolute Gasteiger partial charge is 0.00954 e. The molecule has 1 fully saturated rings. The first-order valence-electron chi connectivity index (χ1n) is 6.03. The lowest BCUT2D eigenvalue weighted by Crippen LogP contribution is -2.33. The monoisotopic (exact) mass is 183 g/mol. The first-order valence-corrected chi connectivity index (χ1v) is 6.03. The lowest BCUT2D eigenvalue weighted by atomic mass is 9.92. The van der Waals surface area contributed by atoms with Crippen molar-refractivity contribution in [2.24, 2.45) is 11.8 Å². The van der Waals surface area contributed by atoms with E-state index < -0.39 is 0 Å². The van der Waals surface area contributed by atoms with Crippen LogP contribution in [-0.2, 0) is 0 Å². The van der Waals surface area contributed by atoms with Gasteiger partial charge in [-0.3, -0.25) is 0 Å². The minimum absolute atomic E-state index is 0.816. The Hall–Kier alpha value is -0.0400. The molecule has 0 aromatic carbocycles. The zero-order valence-corrected chi connectivity index (χ0v) is 9.47. The molecule has 0 spiro atoms. The molecule has 1 rings (SSSR count). The number of hydrogen-bond acceptors (Lipinski definition) is 1. The van der Waals surface area contributed by atoms with Gasteiger partial charge in [-0.1, -0.05) is 33.6 Å². The molecule has 3 unspecified atom stereocenters. The molecule has 0 heterocycles. The first kappa shape index (κ1) is 11.0. The van der Waals surface area contributed by atoms with E-state index >= 15 is 0 Å². The maximum atomic E-state index is 3.67. The lowest BCUT2D eigenvalue weighted by Gasteiger charge is -2.21. The van der Waals surface area contributed by atoms with Crippen molar-refractivity contribution in [3.8, 4) is 0 Å². The third-order valence-electron chi connectivity index (χ3n) is 3.54. The molecule has 0 aromatic heterocycles. The summed E-state index contributed by atoms with van der Waals surface area (Å²) in [4.78, 5) is 0. The third-order valence-corrected chi connectivity index (χ3v) is 3.54. The van der Waals surface area contributed by atoms with Crippen molar-refractivity contribution in [1.82, 2.24) is 5.32 Å². The lowest BCUT2D eigenvalue weighted by molar-refractivity contribution is 0.335. The summed E-state index contributed by atoms with van der Waals surface area (Å²) < 4.78 is 0. The Labute approximate surface area is 83.3 Å². The topological polar surface area (TPSA) is 12.0 Å². The maximum absolute atomic E-state index is 3.67. The second-order valence-electron chi connectivity index (χ2n) is 4.55. The van der Waals surface area contributed by atoms with Gasteiger partial charge in [0, 0.05) is 6.04 Å². The van der Waals surface area contributed by atoms with Gasteiger partial charge in [0.05, 0.1) is 0 Å². The van der Waals surface area contributed by atoms with Crippen LogP contribution in [0, 0.1) is 11.8 Å². The van der Waals surface area contributed by atoms with Gasteiger partial charge in [0.2, 0.25) is 0 Å². The second kappa shape index (κ2) is 5.64. The largest absolute Gasteiger partial charge is 0.314 e. The minimum atomic E-state index is 0.816. The molecular weight excluding hydrogens is 158 g/mol. The molecule has 78 valence electrons. The van der Waals surface area contributed by atoms with E-state index in [1.54, 1.807) is 0 Å². The van der Waals surface area contributed by atoms with Crippen LogP contribution >= 0.6 is 0 Å². The van der Waals surface area contributed by atoms with Crippen LogP contribution in [0.1, 0.15) is 52.9 Å². The summed E-state index contributed by atoms with van der Waals surface area (Å²) in [5, 5.41) is 3.67. The number of rotatable bonds is 5. The van der Waals surface area contributed by atoms with Crippen LogP contribution in [0.4, 0.5) is 0 Å². The quantitative estimate of drug-likeness (QED) is 0.690. The molecule has 3 atom stereocenters. The second-order valence-corrected chi connectivity index (χ2v) is 4.55. The molecule has 1 aliphatic rings. The van der Waals surface area contributed by atoms with Crippen LogP contribution in [0.15, 0.2) is 0 Å². The van der Waals surface area contributed by atoms with Crippen molar-refractivity contribution in [3.63, 3.8) is 0 Å². The van der Waals surface area contributed by atoms with Crippen molar-refractivity contribution >= 4 is 0 Å². The Morgan fingerprint density at radius 2 is 1.92 bits per heavy atom. The van der Waals surface area contributed by atoms with Gasteiger partial charge in [-0.05, 0) is 37.6 Å². The van der Waals surface area contributed by atoms with Crippen molar-refractivity contribution in [2.45, 2.75) is 58.9 Å². The summed E-state index contributed by atoms with van der Waals surface area (Å²) in [6.45, 7) is 8.18. The van der Waals surface area contributed by atoms with Gasteiger partial charge >= 0.3 is 0 Å². The Morgan fingerprint density at radius 1 is 1.15 bits per heavy atom. The molecular formula is C12H25N. The van der Waals surface area contributed by atoms with Crippen molar-refractivity contribution < 1.29 is 0 Å². The molecule has 13 heavy (non-hydrogen) atoms. The van der Waals surface area contributed by atoms with E-state index in [0.717, 1.165) is 17.9 Å². The van der Waals surface area contributed by atoms with Crippen LogP contribution in [0.5, 0.6) is 0 Å². The molecule has 0 aliphatic heterocycles. The predicted molar refractivity (Wildman–Crippen MR) is 58.9 cm³/mol. The molecule has 1 saturated carbocycles. The summed E-state index contributed by atoms with van der Waals surface area (Å²) in [5.74, 6) is 1.91. The highest BCUT2D eigenvalue weighted by molar-refractivity contribution is 4.86. The minimum Gasteiger partial charge on any atom is -0.314 e. The van der Waals surface area contributed by atoms with E-state index in [1.807, 2.05) is 0 Å². The summed E-state index contributed by atoms with van der Waals surface area (Å²) in [5.41, 5.74) is 0. The summed E-state index contributed by atoms with van der Waals surface area (Å²) >= 11 is 0. The van der Waals surface area contributed by atoms with E-state index in [9.17, 15) is 0 Å². The highest BCUT2D eigenvalue weighted by Crippen LogP contribution is 2.34. The van der Waals surface area contributed by atoms with Crippen LogP contribution in [0.3, 0.4) is 0 Å². The molecule has 0 amide bonds. The van der Waals surface area contributed by atoms with E-state index in [0.29, 0.717) is 0 Å². The Balaban J connectivity index is 2.27. The van der Waals surface area contributed by atoms with E-state index in [-0.39, 0.29) is 0 Å². The molecule has 1 heteroatoms. The first-order chi connectivity index (χ1) is 6.29. The van der Waals surface area contributed by atoms with Crippen molar-refractivity contribution in [2.75, 3.05) is 6.54 Å². The summed E-state index contributed by atoms with van der Waals surface area (Å²) in [6, 6.07) is 0.816. The van der Waals surface area contributed by atoms with Gasteiger partial charge in [0.1, 0.15) is 0 Å². The molecule has 0 saturated heterocycles. The fourth-order valence-electron chi connectivity index (χ4n) is 2.64. The third kappa shape index (κ3) is 2.98. The molecule has 1 nitrogen and oxygen atoms in total. The van der Waals surface area contributed by atoms with Crippen molar-refractivity contribution in [3.05, 3.63) is 0 Å². The fraction of sp³-hybridized carbons (Fsp3) is 1.00. The molecule has 0 radical (unpaired) electrons. The standard InChI is InChI=1S/C12H25N/c1-4-6-11-7-8-12(10(11)3)13-9-5-2/h10-13H,4-9H2,1-3H3. The van der Waals surface area contributed by atoms with E-state index in [4.69, 9.17) is 0 Å². The summed E-state index contributed by atoms with van der Waals surface area (Å²) in [7, 11) is 0. The van der Waals surface area contributed by atoms with Gasteiger partial charge in [0.15, 0.2) is 0 Å². The van der Waals surface area contributed by atoms with Gasteiger partial charge in [-0.2, -0.15) is 0 Å². The van der Waals surface area contributed by atoms with Crippen molar-refractivity contribution in [1.29, 1.82) is 0 Å². The Kier molecular flexibility index (Phi) is 4.79. The van der Waals surface area contributed by atoms with Gasteiger partial charge in [-0.15, -0.1) is 0 Å². The average Bonchev–Trinajstić information content (AvgIpc) is 2.46. The van der Waals surface area contributed by atoms with Crippen LogP contribution in [-0.4, -0.2) is 12.6 Å². The summed E-state index contributed by atoms with van der Waals surface area (Å²) in [6.07, 6.45) is 6.92. The highest BCUT2D eigenvalue weighted by atomic mass is 14.9. The zero-order chi connectivity index (χ0) is 9.68. The van der Waals surface area contributed by atoms with Gasteiger partial charge < -0.3 is 5.32 Å². The highest BCUT2D eigenvalue weighted by Gasteiger charge is 2.31. The molecule has 0 aromatic rings. The fourth-order valence-corrected chi connectivity index (χ4v) is 2.64. The normalized spacial score (nSPS) is 33.9.